The standard InChI is InChI=1S/C17H21NO3/c19-14-4-2-1-3-13(14)18-15(20)16-6-11-5-12(7-16)9-17(21,8-11)10-16/h1-4,11-12,19,21H,5-10H2,(H,18,20). The summed E-state index contributed by atoms with van der Waals surface area (Å²) in [5.41, 5.74) is -0.619. The van der Waals surface area contributed by atoms with Crippen LogP contribution in [0.25, 0.3) is 0 Å². The van der Waals surface area contributed by atoms with E-state index in [4.69, 9.17) is 0 Å². The maximum absolute atomic E-state index is 12.8. The van der Waals surface area contributed by atoms with Crippen molar-refractivity contribution >= 4 is 11.6 Å². The van der Waals surface area contributed by atoms with Crippen molar-refractivity contribution < 1.29 is 15.0 Å². The Morgan fingerprint density at radius 1 is 1.14 bits per heavy atom. The molecule has 0 saturated heterocycles. The van der Waals surface area contributed by atoms with Crippen LogP contribution in [0, 0.1) is 17.3 Å². The Hall–Kier alpha value is -1.55. The van der Waals surface area contributed by atoms with Gasteiger partial charge < -0.3 is 15.5 Å². The Kier molecular flexibility index (Phi) is 2.65. The van der Waals surface area contributed by atoms with Gasteiger partial charge in [-0.3, -0.25) is 4.79 Å². The fourth-order valence-corrected chi connectivity index (χ4v) is 5.31. The van der Waals surface area contributed by atoms with Gasteiger partial charge in [0.1, 0.15) is 5.75 Å². The number of carbonyl (C=O) groups excluding carboxylic acids is 1. The highest BCUT2D eigenvalue weighted by Gasteiger charge is 2.60. The predicted molar refractivity (Wildman–Crippen MR) is 78.8 cm³/mol. The van der Waals surface area contributed by atoms with E-state index >= 15 is 0 Å². The molecule has 4 bridgehead atoms. The van der Waals surface area contributed by atoms with Gasteiger partial charge in [0.05, 0.1) is 16.7 Å². The van der Waals surface area contributed by atoms with Crippen molar-refractivity contribution in [3.8, 4) is 5.75 Å². The summed E-state index contributed by atoms with van der Waals surface area (Å²) < 4.78 is 0. The molecule has 2 unspecified atom stereocenters. The Balaban J connectivity index is 1.61. The maximum Gasteiger partial charge on any atom is 0.230 e. The zero-order valence-corrected chi connectivity index (χ0v) is 12.0. The lowest BCUT2D eigenvalue weighted by molar-refractivity contribution is -0.174. The largest absolute Gasteiger partial charge is 0.506 e. The van der Waals surface area contributed by atoms with Crippen molar-refractivity contribution in [3.05, 3.63) is 24.3 Å². The third kappa shape index (κ3) is 2.04. The number of hydrogen-bond acceptors (Lipinski definition) is 3. The third-order valence-corrected chi connectivity index (χ3v) is 5.66. The first-order chi connectivity index (χ1) is 9.98. The molecule has 3 N–H and O–H groups in total. The summed E-state index contributed by atoms with van der Waals surface area (Å²) in [7, 11) is 0. The molecule has 0 aromatic heterocycles. The van der Waals surface area contributed by atoms with E-state index in [-0.39, 0.29) is 11.7 Å². The van der Waals surface area contributed by atoms with E-state index in [1.807, 2.05) is 0 Å². The fraction of sp³-hybridized carbons (Fsp3) is 0.588. The average molecular weight is 287 g/mol. The van der Waals surface area contributed by atoms with Crippen LogP contribution >= 0.6 is 0 Å². The van der Waals surface area contributed by atoms with Gasteiger partial charge in [0.25, 0.3) is 0 Å². The highest BCUT2D eigenvalue weighted by molar-refractivity contribution is 5.96. The molecule has 0 radical (unpaired) electrons. The summed E-state index contributed by atoms with van der Waals surface area (Å²) >= 11 is 0. The van der Waals surface area contributed by atoms with E-state index in [9.17, 15) is 15.0 Å². The van der Waals surface area contributed by atoms with Gasteiger partial charge in [-0.2, -0.15) is 0 Å². The molecule has 4 nitrogen and oxygen atoms in total. The van der Waals surface area contributed by atoms with E-state index in [1.165, 1.54) is 0 Å². The number of carbonyl (C=O) groups is 1. The van der Waals surface area contributed by atoms with Crippen molar-refractivity contribution in [2.75, 3.05) is 5.32 Å². The normalized spacial score (nSPS) is 40.2. The van der Waals surface area contributed by atoms with E-state index in [0.29, 0.717) is 23.9 Å². The lowest BCUT2D eigenvalue weighted by atomic mass is 9.47. The number of hydrogen-bond donors (Lipinski definition) is 3. The molecule has 4 aliphatic carbocycles. The minimum Gasteiger partial charge on any atom is -0.506 e. The molecule has 4 fully saturated rings. The summed E-state index contributed by atoms with van der Waals surface area (Å²) in [6, 6.07) is 6.81. The van der Waals surface area contributed by atoms with Gasteiger partial charge in [0, 0.05) is 0 Å². The summed E-state index contributed by atoms with van der Waals surface area (Å²) in [5, 5.41) is 23.4. The Labute approximate surface area is 124 Å². The second-order valence-electron chi connectivity index (χ2n) is 7.44. The molecule has 0 aliphatic heterocycles. The molecule has 4 aliphatic rings. The second-order valence-corrected chi connectivity index (χ2v) is 7.44. The number of aliphatic hydroxyl groups is 1. The first kappa shape index (κ1) is 13.1. The number of benzene rings is 1. The van der Waals surface area contributed by atoms with Crippen molar-refractivity contribution in [1.29, 1.82) is 0 Å². The molecular formula is C17H21NO3. The van der Waals surface area contributed by atoms with E-state index < -0.39 is 11.0 Å². The quantitative estimate of drug-likeness (QED) is 0.732. The van der Waals surface area contributed by atoms with Crippen molar-refractivity contribution in [2.45, 2.75) is 44.1 Å². The molecular weight excluding hydrogens is 266 g/mol. The van der Waals surface area contributed by atoms with Gasteiger partial charge in [-0.25, -0.2) is 0 Å². The molecule has 0 spiro atoms. The molecule has 1 aromatic rings. The van der Waals surface area contributed by atoms with Crippen molar-refractivity contribution in [3.63, 3.8) is 0 Å². The Morgan fingerprint density at radius 2 is 1.81 bits per heavy atom. The van der Waals surface area contributed by atoms with E-state index in [1.54, 1.807) is 24.3 Å². The van der Waals surface area contributed by atoms with Gasteiger partial charge in [0.15, 0.2) is 0 Å². The molecule has 5 rings (SSSR count). The lowest BCUT2D eigenvalue weighted by Gasteiger charge is -2.59. The number of rotatable bonds is 2. The van der Waals surface area contributed by atoms with Crippen molar-refractivity contribution in [1.82, 2.24) is 0 Å². The first-order valence-corrected chi connectivity index (χ1v) is 7.80. The fourth-order valence-electron chi connectivity index (χ4n) is 5.31. The maximum atomic E-state index is 12.8. The van der Waals surface area contributed by atoms with Gasteiger partial charge in [-0.05, 0) is 62.5 Å². The number of amides is 1. The van der Waals surface area contributed by atoms with Crippen LogP contribution in [0.2, 0.25) is 0 Å². The van der Waals surface area contributed by atoms with Gasteiger partial charge in [-0.1, -0.05) is 12.1 Å². The van der Waals surface area contributed by atoms with Gasteiger partial charge in [-0.15, -0.1) is 0 Å². The highest BCUT2D eigenvalue weighted by atomic mass is 16.3. The molecule has 4 saturated carbocycles. The topological polar surface area (TPSA) is 69.6 Å². The first-order valence-electron chi connectivity index (χ1n) is 7.80. The number of para-hydroxylation sites is 2. The molecule has 1 amide bonds. The van der Waals surface area contributed by atoms with Gasteiger partial charge >= 0.3 is 0 Å². The zero-order valence-electron chi connectivity index (χ0n) is 12.0. The zero-order chi connectivity index (χ0) is 14.7. The summed E-state index contributed by atoms with van der Waals surface area (Å²) in [4.78, 5) is 12.8. The highest BCUT2D eigenvalue weighted by Crippen LogP contribution is 2.61. The van der Waals surface area contributed by atoms with Crippen LogP contribution in [0.1, 0.15) is 38.5 Å². The third-order valence-electron chi connectivity index (χ3n) is 5.66. The number of nitrogens with one attached hydrogen (secondary N) is 1. The number of phenolic OH excluding ortho intramolecular Hbond substituents is 1. The smallest absolute Gasteiger partial charge is 0.230 e. The SMILES string of the molecule is O=C(Nc1ccccc1O)C12CC3CC(CC(O)(C3)C1)C2. The Bertz CT molecular complexity index is 583. The van der Waals surface area contributed by atoms with Crippen molar-refractivity contribution in [2.24, 2.45) is 17.3 Å². The summed E-state index contributed by atoms with van der Waals surface area (Å²) in [5.74, 6) is 1.02. The van der Waals surface area contributed by atoms with Crippen LogP contribution in [0.3, 0.4) is 0 Å². The Morgan fingerprint density at radius 3 is 2.43 bits per heavy atom. The van der Waals surface area contributed by atoms with Crippen LogP contribution in [0.4, 0.5) is 5.69 Å². The molecule has 1 aromatic carbocycles. The van der Waals surface area contributed by atoms with E-state index in [0.717, 1.165) is 32.1 Å². The molecule has 21 heavy (non-hydrogen) atoms. The molecule has 112 valence electrons. The van der Waals surface area contributed by atoms with Crippen LogP contribution in [-0.2, 0) is 4.79 Å². The average Bonchev–Trinajstić information content (AvgIpc) is 2.38. The van der Waals surface area contributed by atoms with Crippen LogP contribution < -0.4 is 5.32 Å². The minimum absolute atomic E-state index is 0.0310. The number of aromatic hydroxyl groups is 1. The number of anilines is 1. The van der Waals surface area contributed by atoms with Crippen LogP contribution in [0.5, 0.6) is 5.75 Å². The molecule has 4 heteroatoms. The number of phenols is 1. The van der Waals surface area contributed by atoms with E-state index in [2.05, 4.69) is 5.32 Å². The second kappa shape index (κ2) is 4.23. The monoisotopic (exact) mass is 287 g/mol. The van der Waals surface area contributed by atoms with Crippen LogP contribution in [0.15, 0.2) is 24.3 Å². The molecule has 0 heterocycles. The lowest BCUT2D eigenvalue weighted by Crippen LogP contribution is -2.59. The van der Waals surface area contributed by atoms with Crippen LogP contribution in [-0.4, -0.2) is 21.7 Å². The minimum atomic E-state index is -0.639. The van der Waals surface area contributed by atoms with Gasteiger partial charge in [0.2, 0.25) is 5.91 Å². The summed E-state index contributed by atoms with van der Waals surface area (Å²) in [6.45, 7) is 0. The molecule has 2 atom stereocenters. The summed E-state index contributed by atoms with van der Waals surface area (Å²) in [6.07, 6.45) is 5.21. The predicted octanol–water partition coefficient (Wildman–Crippen LogP) is 2.66.